The Morgan fingerprint density at radius 2 is 1.78 bits per heavy atom. The van der Waals surface area contributed by atoms with Crippen LogP contribution in [0.5, 0.6) is 0 Å². The smallest absolute Gasteiger partial charge is 0.253 e. The number of benzene rings is 2. The van der Waals surface area contributed by atoms with Crippen LogP contribution in [0.1, 0.15) is 55.7 Å². The highest BCUT2D eigenvalue weighted by atomic mass is 16.1. The van der Waals surface area contributed by atoms with Crippen LogP contribution >= 0.6 is 0 Å². The van der Waals surface area contributed by atoms with E-state index in [0.29, 0.717) is 5.56 Å². The number of para-hydroxylation sites is 1. The molecular weight excluding hydrogens is 450 g/mol. The molecule has 1 N–H and O–H groups in total. The highest BCUT2D eigenvalue weighted by Crippen LogP contribution is 2.31. The second-order valence-corrected chi connectivity index (χ2v) is 10.4. The molecule has 1 atom stereocenters. The van der Waals surface area contributed by atoms with Crippen LogP contribution < -0.4 is 5.56 Å². The van der Waals surface area contributed by atoms with Gasteiger partial charge in [0.15, 0.2) is 5.82 Å². The molecule has 0 amide bonds. The van der Waals surface area contributed by atoms with Crippen molar-refractivity contribution in [3.05, 3.63) is 87.5 Å². The minimum Gasteiger partial charge on any atom is -0.321 e. The van der Waals surface area contributed by atoms with Gasteiger partial charge in [-0.25, -0.2) is 4.68 Å². The van der Waals surface area contributed by atoms with Gasteiger partial charge in [0.1, 0.15) is 6.04 Å². The maximum Gasteiger partial charge on any atom is 0.253 e. The first-order valence-electron chi connectivity index (χ1n) is 12.8. The van der Waals surface area contributed by atoms with Crippen LogP contribution in [0.2, 0.25) is 0 Å². The predicted molar refractivity (Wildman–Crippen MR) is 142 cm³/mol. The van der Waals surface area contributed by atoms with Crippen molar-refractivity contribution in [2.75, 3.05) is 26.2 Å². The molecule has 188 valence electrons. The summed E-state index contributed by atoms with van der Waals surface area (Å²) in [7, 11) is 0. The van der Waals surface area contributed by atoms with Gasteiger partial charge >= 0.3 is 0 Å². The zero-order valence-corrected chi connectivity index (χ0v) is 21.6. The highest BCUT2D eigenvalue weighted by molar-refractivity contribution is 5.82. The molecule has 8 heteroatoms. The number of nitrogens with one attached hydrogen (secondary N) is 1. The lowest BCUT2D eigenvalue weighted by molar-refractivity contribution is 0.0968. The van der Waals surface area contributed by atoms with Gasteiger partial charge < -0.3 is 4.98 Å². The SMILES string of the molecule is CCC(C)(C)n1nnnc1[C@H](c1cc2cccc(C)c2[nH]c1=O)N1CCN(Cc2ccccc2)CC1. The van der Waals surface area contributed by atoms with Gasteiger partial charge in [-0.1, -0.05) is 55.5 Å². The van der Waals surface area contributed by atoms with Crippen LogP contribution in [0, 0.1) is 6.92 Å². The Hall–Kier alpha value is -3.36. The maximum atomic E-state index is 13.5. The number of nitrogens with zero attached hydrogens (tertiary/aromatic N) is 6. The number of fused-ring (bicyclic) bond motifs is 1. The standard InChI is InChI=1S/C28H35N7O/c1-5-28(3,4)35-26(30-31-32-35)25(23-18-22-13-9-10-20(2)24(22)29-27(23)36)34-16-14-33(15-17-34)19-21-11-7-6-8-12-21/h6-13,18,25H,5,14-17,19H2,1-4H3,(H,29,36)/t25-/m0/s1. The topological polar surface area (TPSA) is 82.9 Å². The molecule has 3 heterocycles. The van der Waals surface area contributed by atoms with Crippen LogP contribution in [-0.2, 0) is 12.1 Å². The Morgan fingerprint density at radius 3 is 2.50 bits per heavy atom. The van der Waals surface area contributed by atoms with E-state index in [0.717, 1.165) is 61.4 Å². The minimum absolute atomic E-state index is 0.0858. The minimum atomic E-state index is -0.335. The highest BCUT2D eigenvalue weighted by Gasteiger charge is 2.35. The summed E-state index contributed by atoms with van der Waals surface area (Å²) >= 11 is 0. The molecule has 0 unspecified atom stereocenters. The van der Waals surface area contributed by atoms with Gasteiger partial charge in [0.05, 0.1) is 11.1 Å². The first-order chi connectivity index (χ1) is 17.4. The van der Waals surface area contributed by atoms with Crippen LogP contribution in [0.25, 0.3) is 10.9 Å². The van der Waals surface area contributed by atoms with E-state index in [1.807, 2.05) is 29.8 Å². The van der Waals surface area contributed by atoms with Crippen molar-refractivity contribution in [3.8, 4) is 0 Å². The number of tetrazole rings is 1. The molecule has 0 radical (unpaired) electrons. The normalized spacial score (nSPS) is 16.4. The number of hydrogen-bond donors (Lipinski definition) is 1. The molecule has 0 spiro atoms. The molecule has 2 aromatic heterocycles. The molecule has 5 rings (SSSR count). The molecule has 1 fully saturated rings. The molecule has 0 bridgehead atoms. The van der Waals surface area contributed by atoms with Gasteiger partial charge in [-0.15, -0.1) is 5.10 Å². The second-order valence-electron chi connectivity index (χ2n) is 10.4. The lowest BCUT2D eigenvalue weighted by Gasteiger charge is -2.39. The lowest BCUT2D eigenvalue weighted by atomic mass is 9.98. The number of aryl methyl sites for hydroxylation is 1. The van der Waals surface area contributed by atoms with Crippen molar-refractivity contribution in [1.29, 1.82) is 0 Å². The van der Waals surface area contributed by atoms with E-state index in [4.69, 9.17) is 0 Å². The van der Waals surface area contributed by atoms with Crippen LogP contribution in [-0.4, -0.2) is 61.2 Å². The third-order valence-corrected chi connectivity index (χ3v) is 7.61. The number of pyridine rings is 1. The molecule has 36 heavy (non-hydrogen) atoms. The molecule has 2 aromatic carbocycles. The van der Waals surface area contributed by atoms with E-state index in [1.165, 1.54) is 5.56 Å². The largest absolute Gasteiger partial charge is 0.321 e. The first kappa shape index (κ1) is 24.3. The first-order valence-corrected chi connectivity index (χ1v) is 12.8. The second kappa shape index (κ2) is 9.95. The van der Waals surface area contributed by atoms with Crippen molar-refractivity contribution >= 4 is 10.9 Å². The summed E-state index contributed by atoms with van der Waals surface area (Å²) in [5.41, 5.74) is 3.58. The van der Waals surface area contributed by atoms with E-state index in [1.54, 1.807) is 0 Å². The molecular formula is C28H35N7O. The summed E-state index contributed by atoms with van der Waals surface area (Å²) in [6, 6.07) is 18.4. The van der Waals surface area contributed by atoms with E-state index < -0.39 is 0 Å². The summed E-state index contributed by atoms with van der Waals surface area (Å²) in [6.45, 7) is 12.8. The fourth-order valence-electron chi connectivity index (χ4n) is 5.07. The van der Waals surface area contributed by atoms with Gasteiger partial charge in [-0.2, -0.15) is 0 Å². The predicted octanol–water partition coefficient (Wildman–Crippen LogP) is 3.88. The molecule has 0 aliphatic carbocycles. The molecule has 8 nitrogen and oxygen atoms in total. The number of piperazine rings is 1. The van der Waals surface area contributed by atoms with E-state index in [9.17, 15) is 4.79 Å². The lowest BCUT2D eigenvalue weighted by Crippen LogP contribution is -2.49. The third kappa shape index (κ3) is 4.70. The fourth-order valence-corrected chi connectivity index (χ4v) is 5.07. The number of rotatable bonds is 7. The van der Waals surface area contributed by atoms with Crippen molar-refractivity contribution in [3.63, 3.8) is 0 Å². The zero-order chi connectivity index (χ0) is 25.3. The number of hydrogen-bond acceptors (Lipinski definition) is 6. The fraction of sp³-hybridized carbons (Fsp3) is 0.429. The van der Waals surface area contributed by atoms with Gasteiger partial charge in [0.2, 0.25) is 0 Å². The Bertz CT molecular complexity index is 1380. The Balaban J connectivity index is 1.52. The van der Waals surface area contributed by atoms with Crippen LogP contribution in [0.3, 0.4) is 0 Å². The Kier molecular flexibility index (Phi) is 6.73. The van der Waals surface area contributed by atoms with Crippen LogP contribution in [0.15, 0.2) is 59.4 Å². The van der Waals surface area contributed by atoms with Crippen molar-refractivity contribution in [2.45, 2.75) is 52.2 Å². The summed E-state index contributed by atoms with van der Waals surface area (Å²) in [5, 5.41) is 14.0. The van der Waals surface area contributed by atoms with Crippen molar-refractivity contribution in [2.24, 2.45) is 0 Å². The van der Waals surface area contributed by atoms with E-state index >= 15 is 0 Å². The quantitative estimate of drug-likeness (QED) is 0.428. The number of aromatic amines is 1. The summed E-state index contributed by atoms with van der Waals surface area (Å²) < 4.78 is 1.91. The average Bonchev–Trinajstić information content (AvgIpc) is 3.37. The summed E-state index contributed by atoms with van der Waals surface area (Å²) in [4.78, 5) is 21.5. The monoisotopic (exact) mass is 485 g/mol. The average molecular weight is 486 g/mol. The molecule has 4 aromatic rings. The van der Waals surface area contributed by atoms with Gasteiger partial charge in [0, 0.05) is 38.3 Å². The van der Waals surface area contributed by atoms with Crippen molar-refractivity contribution in [1.82, 2.24) is 35.0 Å². The number of H-pyrrole nitrogens is 1. The molecule has 0 saturated carbocycles. The van der Waals surface area contributed by atoms with Gasteiger partial charge in [-0.05, 0) is 60.2 Å². The third-order valence-electron chi connectivity index (χ3n) is 7.61. The van der Waals surface area contributed by atoms with E-state index in [-0.39, 0.29) is 17.1 Å². The molecule has 1 aliphatic heterocycles. The zero-order valence-electron chi connectivity index (χ0n) is 21.6. The Labute approximate surface area is 211 Å². The molecule has 1 saturated heterocycles. The van der Waals surface area contributed by atoms with Crippen molar-refractivity contribution < 1.29 is 0 Å². The number of aromatic nitrogens is 5. The molecule has 1 aliphatic rings. The summed E-state index contributed by atoms with van der Waals surface area (Å²) in [6.07, 6.45) is 0.871. The summed E-state index contributed by atoms with van der Waals surface area (Å²) in [5.74, 6) is 0.718. The van der Waals surface area contributed by atoms with Gasteiger partial charge in [-0.3, -0.25) is 14.6 Å². The maximum absolute atomic E-state index is 13.5. The van der Waals surface area contributed by atoms with Gasteiger partial charge in [0.25, 0.3) is 5.56 Å². The Morgan fingerprint density at radius 1 is 1.03 bits per heavy atom. The van der Waals surface area contributed by atoms with E-state index in [2.05, 4.69) is 87.5 Å². The van der Waals surface area contributed by atoms with Crippen LogP contribution in [0.4, 0.5) is 0 Å².